The number of furan rings is 1. The molecule has 1 amide bonds. The lowest BCUT2D eigenvalue weighted by molar-refractivity contribution is -0.122. The molecule has 1 fully saturated rings. The van der Waals surface area contributed by atoms with Gasteiger partial charge in [0, 0.05) is 5.56 Å². The van der Waals surface area contributed by atoms with Gasteiger partial charge < -0.3 is 13.9 Å². The fraction of sp³-hybridized carbons (Fsp3) is 0.167. The number of nitrogens with zero attached hydrogens (tertiary/aromatic N) is 1. The number of amides is 1. The summed E-state index contributed by atoms with van der Waals surface area (Å²) in [5, 5.41) is 0. The van der Waals surface area contributed by atoms with Gasteiger partial charge in [-0.1, -0.05) is 48.2 Å². The minimum Gasteiger partial charge on any atom is -0.490 e. The van der Waals surface area contributed by atoms with Crippen LogP contribution >= 0.6 is 24.0 Å². The molecule has 0 aliphatic carbocycles. The fourth-order valence-electron chi connectivity index (χ4n) is 3.12. The number of ether oxygens (including phenoxy) is 2. The Morgan fingerprint density at radius 3 is 2.72 bits per heavy atom. The number of carbonyl (C=O) groups is 1. The number of hydrogen-bond acceptors (Lipinski definition) is 6. The van der Waals surface area contributed by atoms with E-state index in [-0.39, 0.29) is 18.3 Å². The van der Waals surface area contributed by atoms with Crippen molar-refractivity contribution in [2.75, 3.05) is 6.61 Å². The summed E-state index contributed by atoms with van der Waals surface area (Å²) in [4.78, 5) is 14.9. The summed E-state index contributed by atoms with van der Waals surface area (Å²) in [6, 6.07) is 15.4. The third kappa shape index (κ3) is 5.03. The van der Waals surface area contributed by atoms with E-state index in [2.05, 4.69) is 0 Å². The third-order valence-corrected chi connectivity index (χ3v) is 6.05. The SMILES string of the molecule is CCOc1cc(/C=C2\SC(=S)N(Cc3ccco3)C2=O)ccc1OCc1ccccc1F. The monoisotopic (exact) mass is 469 g/mol. The molecule has 0 radical (unpaired) electrons. The van der Waals surface area contributed by atoms with Gasteiger partial charge in [0.2, 0.25) is 0 Å². The lowest BCUT2D eigenvalue weighted by Crippen LogP contribution is -2.27. The highest BCUT2D eigenvalue weighted by Gasteiger charge is 2.32. The van der Waals surface area contributed by atoms with Crippen molar-refractivity contribution in [2.45, 2.75) is 20.1 Å². The zero-order valence-corrected chi connectivity index (χ0v) is 18.9. The Morgan fingerprint density at radius 2 is 1.97 bits per heavy atom. The zero-order valence-electron chi connectivity index (χ0n) is 17.2. The van der Waals surface area contributed by atoms with Crippen molar-refractivity contribution >= 4 is 40.3 Å². The standard InChI is InChI=1S/C24H20FNO4S2/c1-2-28-21-12-16(9-10-20(21)30-15-17-6-3-4-8-19(17)25)13-22-23(27)26(24(31)32-22)14-18-7-5-11-29-18/h3-13H,2,14-15H2,1H3/b22-13-. The molecule has 2 heterocycles. The Kier molecular flexibility index (Phi) is 6.92. The van der Waals surface area contributed by atoms with Gasteiger partial charge in [0.25, 0.3) is 5.91 Å². The predicted molar refractivity (Wildman–Crippen MR) is 126 cm³/mol. The van der Waals surface area contributed by atoms with Gasteiger partial charge in [-0.2, -0.15) is 0 Å². The molecule has 1 aliphatic rings. The Bertz CT molecular complexity index is 1160. The van der Waals surface area contributed by atoms with E-state index in [0.717, 1.165) is 5.56 Å². The van der Waals surface area contributed by atoms with Crippen molar-refractivity contribution in [2.24, 2.45) is 0 Å². The molecule has 2 aromatic carbocycles. The minimum absolute atomic E-state index is 0.0809. The highest BCUT2D eigenvalue weighted by molar-refractivity contribution is 8.26. The number of benzene rings is 2. The molecule has 32 heavy (non-hydrogen) atoms. The number of thiocarbonyl (C=S) groups is 1. The first-order chi connectivity index (χ1) is 15.5. The van der Waals surface area contributed by atoms with Gasteiger partial charge in [0.05, 0.1) is 24.3 Å². The van der Waals surface area contributed by atoms with Crippen LogP contribution in [0.15, 0.2) is 70.2 Å². The van der Waals surface area contributed by atoms with Gasteiger partial charge >= 0.3 is 0 Å². The first-order valence-corrected chi connectivity index (χ1v) is 11.2. The maximum Gasteiger partial charge on any atom is 0.266 e. The van der Waals surface area contributed by atoms with Crippen molar-refractivity contribution in [3.8, 4) is 11.5 Å². The number of rotatable bonds is 8. The molecule has 0 saturated carbocycles. The van der Waals surface area contributed by atoms with Gasteiger partial charge in [-0.25, -0.2) is 4.39 Å². The molecule has 4 rings (SSSR count). The number of carbonyl (C=O) groups excluding carboxylic acids is 1. The summed E-state index contributed by atoms with van der Waals surface area (Å²) in [7, 11) is 0. The van der Waals surface area contributed by atoms with Crippen LogP contribution in [0.3, 0.4) is 0 Å². The van der Waals surface area contributed by atoms with Crippen LogP contribution in [-0.2, 0) is 17.9 Å². The van der Waals surface area contributed by atoms with Crippen LogP contribution in [0.5, 0.6) is 11.5 Å². The van der Waals surface area contributed by atoms with Crippen LogP contribution in [0.25, 0.3) is 6.08 Å². The first-order valence-electron chi connectivity index (χ1n) is 9.96. The molecular weight excluding hydrogens is 449 g/mol. The van der Waals surface area contributed by atoms with E-state index in [9.17, 15) is 9.18 Å². The average molecular weight is 470 g/mol. The van der Waals surface area contributed by atoms with Crippen molar-refractivity contribution in [3.63, 3.8) is 0 Å². The lowest BCUT2D eigenvalue weighted by Gasteiger charge is -2.13. The first kappa shape index (κ1) is 22.1. The Morgan fingerprint density at radius 1 is 1.12 bits per heavy atom. The number of hydrogen-bond donors (Lipinski definition) is 0. The molecule has 1 aliphatic heterocycles. The molecule has 0 atom stereocenters. The van der Waals surface area contributed by atoms with Crippen molar-refractivity contribution in [3.05, 3.63) is 88.5 Å². The van der Waals surface area contributed by atoms with Crippen LogP contribution in [0, 0.1) is 5.82 Å². The van der Waals surface area contributed by atoms with E-state index in [1.54, 1.807) is 54.8 Å². The average Bonchev–Trinajstić information content (AvgIpc) is 3.39. The molecule has 0 unspecified atom stereocenters. The van der Waals surface area contributed by atoms with Gasteiger partial charge in [0.1, 0.15) is 22.5 Å². The molecule has 3 aromatic rings. The molecule has 0 N–H and O–H groups in total. The maximum absolute atomic E-state index is 13.9. The van der Waals surface area contributed by atoms with Crippen LogP contribution in [0.4, 0.5) is 4.39 Å². The van der Waals surface area contributed by atoms with Crippen molar-refractivity contribution < 1.29 is 23.1 Å². The summed E-state index contributed by atoms with van der Waals surface area (Å²) in [6.07, 6.45) is 3.33. The quantitative estimate of drug-likeness (QED) is 0.307. The summed E-state index contributed by atoms with van der Waals surface area (Å²) < 4.78 is 31.2. The van der Waals surface area contributed by atoms with Crippen LogP contribution in [-0.4, -0.2) is 21.7 Å². The molecule has 1 saturated heterocycles. The van der Waals surface area contributed by atoms with E-state index in [1.807, 2.05) is 13.0 Å². The van der Waals surface area contributed by atoms with Gasteiger partial charge in [-0.15, -0.1) is 0 Å². The second-order valence-electron chi connectivity index (χ2n) is 6.87. The minimum atomic E-state index is -0.321. The maximum atomic E-state index is 13.9. The van der Waals surface area contributed by atoms with Gasteiger partial charge in [0.15, 0.2) is 11.5 Å². The lowest BCUT2D eigenvalue weighted by atomic mass is 10.1. The zero-order chi connectivity index (χ0) is 22.5. The number of thioether (sulfide) groups is 1. The third-order valence-electron chi connectivity index (χ3n) is 4.67. The molecule has 5 nitrogen and oxygen atoms in total. The summed E-state index contributed by atoms with van der Waals surface area (Å²) in [5.41, 5.74) is 1.23. The van der Waals surface area contributed by atoms with Crippen molar-refractivity contribution in [1.82, 2.24) is 4.90 Å². The predicted octanol–water partition coefficient (Wildman–Crippen LogP) is 5.80. The highest BCUT2D eigenvalue weighted by atomic mass is 32.2. The molecule has 164 valence electrons. The number of halogens is 1. The van der Waals surface area contributed by atoms with Gasteiger partial charge in [-0.05, 0) is 48.9 Å². The van der Waals surface area contributed by atoms with E-state index >= 15 is 0 Å². The Balaban J connectivity index is 1.51. The normalized spacial score (nSPS) is 14.9. The molecule has 0 bridgehead atoms. The molecule has 1 aromatic heterocycles. The summed E-state index contributed by atoms with van der Waals surface area (Å²) in [5.74, 6) is 1.19. The van der Waals surface area contributed by atoms with Crippen molar-refractivity contribution in [1.29, 1.82) is 0 Å². The molecular formula is C24H20FNO4S2. The molecule has 8 heteroatoms. The highest BCUT2D eigenvalue weighted by Crippen LogP contribution is 2.36. The largest absolute Gasteiger partial charge is 0.490 e. The summed E-state index contributed by atoms with van der Waals surface area (Å²) in [6.45, 7) is 2.68. The van der Waals surface area contributed by atoms with Crippen LogP contribution < -0.4 is 9.47 Å². The van der Waals surface area contributed by atoms with E-state index in [4.69, 9.17) is 26.1 Å². The second kappa shape index (κ2) is 10.0. The van der Waals surface area contributed by atoms with Gasteiger partial charge in [-0.3, -0.25) is 9.69 Å². The van der Waals surface area contributed by atoms with Crippen LogP contribution in [0.1, 0.15) is 23.8 Å². The fourth-order valence-corrected chi connectivity index (χ4v) is 4.37. The summed E-state index contributed by atoms with van der Waals surface area (Å²) >= 11 is 6.62. The second-order valence-corrected chi connectivity index (χ2v) is 8.54. The van der Waals surface area contributed by atoms with E-state index in [0.29, 0.717) is 45.2 Å². The Labute approximate surface area is 194 Å². The molecule has 0 spiro atoms. The van der Waals surface area contributed by atoms with E-state index in [1.165, 1.54) is 22.7 Å². The van der Waals surface area contributed by atoms with E-state index < -0.39 is 0 Å². The smallest absolute Gasteiger partial charge is 0.266 e. The Hall–Kier alpha value is -3.10. The van der Waals surface area contributed by atoms with Crippen LogP contribution in [0.2, 0.25) is 0 Å². The topological polar surface area (TPSA) is 51.9 Å².